The third kappa shape index (κ3) is 3.24. The molecule has 0 radical (unpaired) electrons. The minimum absolute atomic E-state index is 0.0297. The first-order chi connectivity index (χ1) is 14.6. The van der Waals surface area contributed by atoms with Crippen molar-refractivity contribution in [1.82, 2.24) is 19.2 Å². The highest BCUT2D eigenvalue weighted by Gasteiger charge is 2.34. The third-order valence-electron chi connectivity index (χ3n) is 6.54. The van der Waals surface area contributed by atoms with E-state index >= 15 is 0 Å². The fourth-order valence-electron chi connectivity index (χ4n) is 5.02. The van der Waals surface area contributed by atoms with Gasteiger partial charge in [0.25, 0.3) is 5.91 Å². The molecule has 2 aromatic heterocycles. The van der Waals surface area contributed by atoms with Crippen LogP contribution in [0.25, 0.3) is 5.69 Å². The zero-order valence-electron chi connectivity index (χ0n) is 17.4. The van der Waals surface area contributed by atoms with E-state index in [0.717, 1.165) is 68.4 Å². The molecule has 6 heteroatoms. The fourth-order valence-corrected chi connectivity index (χ4v) is 5.02. The molecule has 0 bridgehead atoms. The molecule has 5 nitrogen and oxygen atoms in total. The number of amides is 1. The first-order valence-electron chi connectivity index (χ1n) is 10.9. The molecule has 2 aliphatic rings. The Bertz CT molecular complexity index is 1070. The molecule has 1 fully saturated rings. The molecule has 156 valence electrons. The van der Waals surface area contributed by atoms with Crippen LogP contribution in [0.3, 0.4) is 0 Å². The number of carbonyl (C=O) groups excluding carboxylic acids is 1. The van der Waals surface area contributed by atoms with E-state index in [-0.39, 0.29) is 17.8 Å². The van der Waals surface area contributed by atoms with Crippen LogP contribution in [0.2, 0.25) is 0 Å². The standard InChI is InChI=1S/C24H27FN4O/c1-27-15-6-10-21(27)22-8-3-2-4-16-28(22)24(30)23-19-7-5-9-20(19)29(26-23)18-13-11-17(25)12-14-18/h6,10-15,22H,2-5,7-9,16H2,1H3. The number of hydrogen-bond donors (Lipinski definition) is 0. The van der Waals surface area contributed by atoms with Crippen molar-refractivity contribution in [3.8, 4) is 5.69 Å². The molecule has 3 heterocycles. The smallest absolute Gasteiger partial charge is 0.275 e. The van der Waals surface area contributed by atoms with Gasteiger partial charge in [-0.05, 0) is 68.5 Å². The van der Waals surface area contributed by atoms with Gasteiger partial charge in [0, 0.05) is 36.7 Å². The molecule has 1 aromatic carbocycles. The highest BCUT2D eigenvalue weighted by atomic mass is 19.1. The number of halogens is 1. The summed E-state index contributed by atoms with van der Waals surface area (Å²) in [6, 6.07) is 10.6. The van der Waals surface area contributed by atoms with E-state index in [1.54, 1.807) is 12.1 Å². The molecule has 3 aromatic rings. The number of benzene rings is 1. The van der Waals surface area contributed by atoms with Crippen LogP contribution in [0.4, 0.5) is 4.39 Å². The second-order valence-corrected chi connectivity index (χ2v) is 8.42. The van der Waals surface area contributed by atoms with E-state index in [4.69, 9.17) is 5.10 Å². The molecule has 1 atom stereocenters. The van der Waals surface area contributed by atoms with Gasteiger partial charge >= 0.3 is 0 Å². The minimum Gasteiger partial charge on any atom is -0.353 e. The van der Waals surface area contributed by atoms with Crippen LogP contribution in [-0.4, -0.2) is 31.7 Å². The zero-order valence-corrected chi connectivity index (χ0v) is 17.4. The summed E-state index contributed by atoms with van der Waals surface area (Å²) in [5, 5.41) is 4.77. The minimum atomic E-state index is -0.270. The van der Waals surface area contributed by atoms with Gasteiger partial charge in [-0.1, -0.05) is 12.8 Å². The van der Waals surface area contributed by atoms with Crippen LogP contribution >= 0.6 is 0 Å². The molecule has 1 unspecified atom stereocenters. The highest BCUT2D eigenvalue weighted by molar-refractivity contribution is 5.94. The maximum Gasteiger partial charge on any atom is 0.275 e. The van der Waals surface area contributed by atoms with Gasteiger partial charge in [-0.15, -0.1) is 0 Å². The molecule has 1 amide bonds. The number of nitrogens with zero attached hydrogens (tertiary/aromatic N) is 4. The van der Waals surface area contributed by atoms with E-state index in [2.05, 4.69) is 10.6 Å². The number of aryl methyl sites for hydroxylation is 1. The van der Waals surface area contributed by atoms with Crippen LogP contribution in [0.15, 0.2) is 42.6 Å². The number of fused-ring (bicyclic) bond motifs is 1. The van der Waals surface area contributed by atoms with Crippen LogP contribution in [0.5, 0.6) is 0 Å². The largest absolute Gasteiger partial charge is 0.353 e. The number of carbonyl (C=O) groups is 1. The lowest BCUT2D eigenvalue weighted by atomic mass is 10.1. The molecule has 30 heavy (non-hydrogen) atoms. The van der Waals surface area contributed by atoms with Crippen molar-refractivity contribution >= 4 is 5.91 Å². The lowest BCUT2D eigenvalue weighted by Gasteiger charge is -2.30. The van der Waals surface area contributed by atoms with Crippen molar-refractivity contribution in [1.29, 1.82) is 0 Å². The van der Waals surface area contributed by atoms with Crippen molar-refractivity contribution < 1.29 is 9.18 Å². The molecule has 1 aliphatic heterocycles. The Hall–Kier alpha value is -2.89. The Labute approximate surface area is 176 Å². The van der Waals surface area contributed by atoms with E-state index in [1.165, 1.54) is 17.8 Å². The predicted molar refractivity (Wildman–Crippen MR) is 113 cm³/mol. The molecular weight excluding hydrogens is 379 g/mol. The first-order valence-corrected chi connectivity index (χ1v) is 10.9. The van der Waals surface area contributed by atoms with Gasteiger partial charge < -0.3 is 9.47 Å². The van der Waals surface area contributed by atoms with Crippen LogP contribution in [-0.2, 0) is 19.9 Å². The quantitative estimate of drug-likeness (QED) is 0.638. The monoisotopic (exact) mass is 406 g/mol. The molecule has 0 saturated carbocycles. The fraction of sp³-hybridized carbons (Fsp3) is 0.417. The number of hydrogen-bond acceptors (Lipinski definition) is 2. The third-order valence-corrected chi connectivity index (χ3v) is 6.54. The second kappa shape index (κ2) is 7.74. The van der Waals surface area contributed by atoms with E-state index in [0.29, 0.717) is 5.69 Å². The zero-order chi connectivity index (χ0) is 20.7. The van der Waals surface area contributed by atoms with E-state index in [9.17, 15) is 9.18 Å². The van der Waals surface area contributed by atoms with Gasteiger partial charge in [0.05, 0.1) is 11.7 Å². The van der Waals surface area contributed by atoms with Crippen LogP contribution < -0.4 is 0 Å². The second-order valence-electron chi connectivity index (χ2n) is 8.42. The van der Waals surface area contributed by atoms with Gasteiger partial charge in [0.2, 0.25) is 0 Å². The topological polar surface area (TPSA) is 43.1 Å². The molecule has 1 saturated heterocycles. The maximum atomic E-state index is 13.8. The number of likely N-dealkylation sites (tertiary alicyclic amines) is 1. The van der Waals surface area contributed by atoms with E-state index in [1.807, 2.05) is 28.9 Å². The molecule has 1 aliphatic carbocycles. The summed E-state index contributed by atoms with van der Waals surface area (Å²) in [6.07, 6.45) is 9.11. The predicted octanol–water partition coefficient (Wildman–Crippen LogP) is 4.60. The van der Waals surface area contributed by atoms with Crippen molar-refractivity contribution in [3.63, 3.8) is 0 Å². The lowest BCUT2D eigenvalue weighted by Crippen LogP contribution is -2.36. The summed E-state index contributed by atoms with van der Waals surface area (Å²) in [5.41, 5.74) is 4.73. The maximum absolute atomic E-state index is 13.8. The number of aromatic nitrogens is 3. The van der Waals surface area contributed by atoms with Crippen molar-refractivity contribution in [2.75, 3.05) is 6.54 Å². The first kappa shape index (κ1) is 19.1. The van der Waals surface area contributed by atoms with Gasteiger partial charge in [0.15, 0.2) is 5.69 Å². The highest BCUT2D eigenvalue weighted by Crippen LogP contribution is 2.34. The van der Waals surface area contributed by atoms with Gasteiger partial charge in [-0.3, -0.25) is 4.79 Å². The normalized spacial score (nSPS) is 19.0. The summed E-state index contributed by atoms with van der Waals surface area (Å²) < 4.78 is 17.4. The molecule has 0 spiro atoms. The average molecular weight is 407 g/mol. The Morgan fingerprint density at radius 3 is 2.67 bits per heavy atom. The lowest BCUT2D eigenvalue weighted by molar-refractivity contribution is 0.0667. The summed E-state index contributed by atoms with van der Waals surface area (Å²) in [5.74, 6) is -0.240. The van der Waals surface area contributed by atoms with Crippen molar-refractivity contribution in [2.45, 2.75) is 51.0 Å². The van der Waals surface area contributed by atoms with Gasteiger partial charge in [-0.25, -0.2) is 9.07 Å². The Morgan fingerprint density at radius 1 is 1.07 bits per heavy atom. The van der Waals surface area contributed by atoms with Gasteiger partial charge in [-0.2, -0.15) is 5.10 Å². The number of rotatable bonds is 3. The Kier molecular flexibility index (Phi) is 4.93. The van der Waals surface area contributed by atoms with Gasteiger partial charge in [0.1, 0.15) is 5.82 Å². The van der Waals surface area contributed by atoms with Crippen molar-refractivity contribution in [2.24, 2.45) is 7.05 Å². The molecule has 0 N–H and O–H groups in total. The summed E-state index contributed by atoms with van der Waals surface area (Å²) in [4.78, 5) is 15.8. The summed E-state index contributed by atoms with van der Waals surface area (Å²) in [6.45, 7) is 0.757. The summed E-state index contributed by atoms with van der Waals surface area (Å²) >= 11 is 0. The molecule has 5 rings (SSSR count). The average Bonchev–Trinajstić information content (AvgIpc) is 3.41. The molecular formula is C24H27FN4O. The summed E-state index contributed by atoms with van der Waals surface area (Å²) in [7, 11) is 2.05. The van der Waals surface area contributed by atoms with Crippen LogP contribution in [0, 0.1) is 5.82 Å². The van der Waals surface area contributed by atoms with Crippen LogP contribution in [0.1, 0.15) is 65.6 Å². The Morgan fingerprint density at radius 2 is 1.90 bits per heavy atom. The van der Waals surface area contributed by atoms with Crippen molar-refractivity contribution in [3.05, 3.63) is 71.1 Å². The SMILES string of the molecule is Cn1cccc1C1CCCCCN1C(=O)c1nn(-c2ccc(F)cc2)c2c1CCC2. The Balaban J connectivity index is 1.54. The van der Waals surface area contributed by atoms with E-state index < -0.39 is 0 Å².